The molecular weight excluding hydrogens is 336 g/mol. The Morgan fingerprint density at radius 1 is 1.04 bits per heavy atom. The number of piperazine rings is 1. The van der Waals surface area contributed by atoms with E-state index in [1.54, 1.807) is 19.2 Å². The van der Waals surface area contributed by atoms with E-state index in [2.05, 4.69) is 43.8 Å². The number of hydrogen-bond acceptors (Lipinski definition) is 5. The van der Waals surface area contributed by atoms with Gasteiger partial charge in [0.2, 0.25) is 10.0 Å². The Morgan fingerprint density at radius 2 is 1.76 bits per heavy atom. The van der Waals surface area contributed by atoms with Gasteiger partial charge in [0.15, 0.2) is 0 Å². The van der Waals surface area contributed by atoms with Crippen LogP contribution in [0.3, 0.4) is 0 Å². The molecule has 3 rings (SSSR count). The molecule has 0 spiro atoms. The van der Waals surface area contributed by atoms with Gasteiger partial charge < -0.3 is 4.90 Å². The molecule has 1 aliphatic heterocycles. The fourth-order valence-electron chi connectivity index (χ4n) is 2.86. The Labute approximate surface area is 149 Å². The maximum Gasteiger partial charge on any atom is 0.232 e. The lowest BCUT2D eigenvalue weighted by Crippen LogP contribution is -2.46. The summed E-state index contributed by atoms with van der Waals surface area (Å²) in [5.74, 6) is 0.941. The lowest BCUT2D eigenvalue weighted by atomic mass is 10.2. The van der Waals surface area contributed by atoms with Crippen molar-refractivity contribution in [2.45, 2.75) is 13.5 Å². The maximum absolute atomic E-state index is 11.6. The number of rotatable bonds is 6. The third-order valence-electron chi connectivity index (χ3n) is 4.35. The number of sulfonamides is 1. The summed E-state index contributed by atoms with van der Waals surface area (Å²) < 4.78 is 25.7. The number of nitrogens with zero attached hydrogens (tertiary/aromatic N) is 3. The summed E-state index contributed by atoms with van der Waals surface area (Å²) >= 11 is 0. The molecule has 1 aliphatic rings. The van der Waals surface area contributed by atoms with Crippen molar-refractivity contribution >= 4 is 21.5 Å². The highest BCUT2D eigenvalue weighted by atomic mass is 32.2. The van der Waals surface area contributed by atoms with Gasteiger partial charge >= 0.3 is 0 Å². The number of benzene rings is 1. The highest BCUT2D eigenvalue weighted by molar-refractivity contribution is 7.92. The van der Waals surface area contributed by atoms with Crippen molar-refractivity contribution in [2.24, 2.45) is 0 Å². The summed E-state index contributed by atoms with van der Waals surface area (Å²) in [5, 5.41) is 0. The standard InChI is InChI=1S/C18H24N4O2S/c1-2-25(23,24)20-17-8-9-18(19-14-17)22-12-10-21(11-13-22)15-16-6-4-3-5-7-16/h3-9,14,20H,2,10-13,15H2,1H3. The molecule has 1 fully saturated rings. The summed E-state index contributed by atoms with van der Waals surface area (Å²) in [5.41, 5.74) is 1.84. The van der Waals surface area contributed by atoms with Gasteiger partial charge in [-0.25, -0.2) is 13.4 Å². The Morgan fingerprint density at radius 3 is 2.36 bits per heavy atom. The molecule has 0 bridgehead atoms. The molecule has 2 aromatic rings. The Kier molecular flexibility index (Phi) is 5.55. The number of hydrogen-bond donors (Lipinski definition) is 1. The molecule has 0 aliphatic carbocycles. The van der Waals surface area contributed by atoms with Crippen LogP contribution in [0, 0.1) is 0 Å². The minimum Gasteiger partial charge on any atom is -0.354 e. The van der Waals surface area contributed by atoms with Crippen LogP contribution in [-0.2, 0) is 16.6 Å². The van der Waals surface area contributed by atoms with Gasteiger partial charge in [0.25, 0.3) is 0 Å². The topological polar surface area (TPSA) is 65.5 Å². The van der Waals surface area contributed by atoms with Gasteiger partial charge in [0.05, 0.1) is 17.6 Å². The van der Waals surface area contributed by atoms with E-state index >= 15 is 0 Å². The van der Waals surface area contributed by atoms with E-state index in [1.165, 1.54) is 5.56 Å². The second kappa shape index (κ2) is 7.84. The predicted octanol–water partition coefficient (Wildman–Crippen LogP) is 2.17. The molecule has 134 valence electrons. The second-order valence-electron chi connectivity index (χ2n) is 6.16. The Balaban J connectivity index is 1.54. The van der Waals surface area contributed by atoms with Crippen molar-refractivity contribution in [3.63, 3.8) is 0 Å². The first kappa shape index (κ1) is 17.7. The quantitative estimate of drug-likeness (QED) is 0.855. The Hall–Kier alpha value is -2.12. The lowest BCUT2D eigenvalue weighted by Gasteiger charge is -2.35. The number of nitrogens with one attached hydrogen (secondary N) is 1. The summed E-state index contributed by atoms with van der Waals surface area (Å²) in [7, 11) is -3.26. The zero-order valence-electron chi connectivity index (χ0n) is 14.4. The normalized spacial score (nSPS) is 16.0. The predicted molar refractivity (Wildman–Crippen MR) is 101 cm³/mol. The van der Waals surface area contributed by atoms with E-state index in [0.29, 0.717) is 5.69 Å². The summed E-state index contributed by atoms with van der Waals surface area (Å²) in [6, 6.07) is 14.1. The van der Waals surface area contributed by atoms with Crippen LogP contribution < -0.4 is 9.62 Å². The molecule has 0 unspecified atom stereocenters. The van der Waals surface area contributed by atoms with Crippen LogP contribution in [0.4, 0.5) is 11.5 Å². The average molecular weight is 360 g/mol. The third-order valence-corrected chi connectivity index (χ3v) is 5.65. The van der Waals surface area contributed by atoms with Gasteiger partial charge in [-0.05, 0) is 24.6 Å². The Bertz CT molecular complexity index is 770. The molecule has 0 radical (unpaired) electrons. The van der Waals surface area contributed by atoms with E-state index in [4.69, 9.17) is 0 Å². The van der Waals surface area contributed by atoms with E-state index in [9.17, 15) is 8.42 Å². The summed E-state index contributed by atoms with van der Waals surface area (Å²) in [4.78, 5) is 9.09. The largest absolute Gasteiger partial charge is 0.354 e. The number of anilines is 2. The first-order valence-electron chi connectivity index (χ1n) is 8.53. The van der Waals surface area contributed by atoms with E-state index < -0.39 is 10.0 Å². The fraction of sp³-hybridized carbons (Fsp3) is 0.389. The van der Waals surface area contributed by atoms with Gasteiger partial charge in [0, 0.05) is 32.7 Å². The molecule has 1 aromatic heterocycles. The molecule has 0 atom stereocenters. The minimum atomic E-state index is -3.26. The summed E-state index contributed by atoms with van der Waals surface area (Å²) in [6.45, 7) is 6.39. The van der Waals surface area contributed by atoms with Gasteiger partial charge in [-0.15, -0.1) is 0 Å². The molecule has 1 aromatic carbocycles. The fourth-order valence-corrected chi connectivity index (χ4v) is 3.49. The van der Waals surface area contributed by atoms with Crippen LogP contribution in [0.5, 0.6) is 0 Å². The van der Waals surface area contributed by atoms with Crippen LogP contribution in [0.1, 0.15) is 12.5 Å². The van der Waals surface area contributed by atoms with Crippen molar-refractivity contribution in [3.05, 3.63) is 54.2 Å². The summed E-state index contributed by atoms with van der Waals surface area (Å²) in [6.07, 6.45) is 1.58. The molecule has 2 heterocycles. The molecule has 0 saturated carbocycles. The van der Waals surface area contributed by atoms with Crippen molar-refractivity contribution < 1.29 is 8.42 Å². The van der Waals surface area contributed by atoms with E-state index in [0.717, 1.165) is 38.5 Å². The molecule has 0 amide bonds. The van der Waals surface area contributed by atoms with E-state index in [-0.39, 0.29) is 5.75 Å². The third kappa shape index (κ3) is 4.93. The number of aromatic nitrogens is 1. The SMILES string of the molecule is CCS(=O)(=O)Nc1ccc(N2CCN(Cc3ccccc3)CC2)nc1. The monoisotopic (exact) mass is 360 g/mol. The highest BCUT2D eigenvalue weighted by Gasteiger charge is 2.18. The van der Waals surface area contributed by atoms with Crippen molar-refractivity contribution in [1.82, 2.24) is 9.88 Å². The van der Waals surface area contributed by atoms with Crippen LogP contribution >= 0.6 is 0 Å². The first-order valence-corrected chi connectivity index (χ1v) is 10.2. The smallest absolute Gasteiger partial charge is 0.232 e. The highest BCUT2D eigenvalue weighted by Crippen LogP contribution is 2.18. The van der Waals surface area contributed by atoms with Crippen LogP contribution in [0.25, 0.3) is 0 Å². The molecule has 1 saturated heterocycles. The van der Waals surface area contributed by atoms with Crippen LogP contribution in [0.15, 0.2) is 48.7 Å². The molecule has 6 nitrogen and oxygen atoms in total. The van der Waals surface area contributed by atoms with Gasteiger partial charge in [-0.3, -0.25) is 9.62 Å². The van der Waals surface area contributed by atoms with Gasteiger partial charge in [-0.2, -0.15) is 0 Å². The zero-order chi connectivity index (χ0) is 17.7. The van der Waals surface area contributed by atoms with Crippen LogP contribution in [-0.4, -0.2) is 50.2 Å². The minimum absolute atomic E-state index is 0.0537. The van der Waals surface area contributed by atoms with Gasteiger partial charge in [0.1, 0.15) is 5.82 Å². The molecule has 25 heavy (non-hydrogen) atoms. The maximum atomic E-state index is 11.6. The lowest BCUT2D eigenvalue weighted by molar-refractivity contribution is 0.249. The van der Waals surface area contributed by atoms with Gasteiger partial charge in [-0.1, -0.05) is 30.3 Å². The van der Waals surface area contributed by atoms with Crippen molar-refractivity contribution in [1.29, 1.82) is 0 Å². The second-order valence-corrected chi connectivity index (χ2v) is 8.17. The number of pyridine rings is 1. The zero-order valence-corrected chi connectivity index (χ0v) is 15.2. The van der Waals surface area contributed by atoms with Crippen LogP contribution in [0.2, 0.25) is 0 Å². The first-order chi connectivity index (χ1) is 12.1. The molecule has 1 N–H and O–H groups in total. The molecule has 7 heteroatoms. The average Bonchev–Trinajstić information content (AvgIpc) is 2.64. The van der Waals surface area contributed by atoms with E-state index in [1.807, 2.05) is 12.1 Å². The van der Waals surface area contributed by atoms with Crippen molar-refractivity contribution in [3.8, 4) is 0 Å². The molecular formula is C18H24N4O2S. The van der Waals surface area contributed by atoms with Crippen molar-refractivity contribution in [2.75, 3.05) is 41.6 Å².